The summed E-state index contributed by atoms with van der Waals surface area (Å²) in [5, 5.41) is 7.28. The van der Waals surface area contributed by atoms with E-state index in [-0.39, 0.29) is 0 Å². The number of fused-ring (bicyclic) bond motifs is 3. The number of hydrogen-bond acceptors (Lipinski definition) is 4. The van der Waals surface area contributed by atoms with Gasteiger partial charge in [-0.3, -0.25) is 20.4 Å². The highest BCUT2D eigenvalue weighted by Gasteiger charge is 2.38. The Kier molecular flexibility index (Phi) is 2.45. The molecule has 3 aliphatic heterocycles. The zero-order chi connectivity index (χ0) is 9.38. The van der Waals surface area contributed by atoms with Crippen LogP contribution in [-0.2, 0) is 0 Å². The molecular weight excluding hydrogens is 176 g/mol. The quantitative estimate of drug-likeness (QED) is 0.533. The lowest BCUT2D eigenvalue weighted by molar-refractivity contribution is -0.0393. The lowest BCUT2D eigenvalue weighted by Gasteiger charge is -2.51. The molecule has 3 fully saturated rings. The monoisotopic (exact) mass is 196 g/mol. The van der Waals surface area contributed by atoms with Crippen LogP contribution >= 0.6 is 0 Å². The first-order valence-corrected chi connectivity index (χ1v) is 5.90. The van der Waals surface area contributed by atoms with E-state index in [0.29, 0.717) is 12.3 Å². The lowest BCUT2D eigenvalue weighted by Crippen LogP contribution is -2.72. The van der Waals surface area contributed by atoms with E-state index in [4.69, 9.17) is 0 Å². The molecule has 3 heterocycles. The van der Waals surface area contributed by atoms with Gasteiger partial charge in [0.25, 0.3) is 0 Å². The van der Waals surface area contributed by atoms with E-state index in [1.54, 1.807) is 0 Å². The predicted molar refractivity (Wildman–Crippen MR) is 56.0 cm³/mol. The van der Waals surface area contributed by atoms with E-state index in [2.05, 4.69) is 20.4 Å². The van der Waals surface area contributed by atoms with E-state index >= 15 is 0 Å². The van der Waals surface area contributed by atoms with Crippen molar-refractivity contribution in [2.45, 2.75) is 25.2 Å². The highest BCUT2D eigenvalue weighted by Crippen LogP contribution is 2.19. The standard InChI is InChI=1S/C10H20N4/c1-3-11-9-10-12-4-2-6-14(10)8-7-13(9)5-1/h9-12H,1-8H2/t9-,10-/m1/s1. The summed E-state index contributed by atoms with van der Waals surface area (Å²) in [5.74, 6) is 0. The molecule has 3 aliphatic rings. The Balaban J connectivity index is 1.74. The molecule has 4 nitrogen and oxygen atoms in total. The Morgan fingerprint density at radius 1 is 0.714 bits per heavy atom. The van der Waals surface area contributed by atoms with Crippen LogP contribution in [0.2, 0.25) is 0 Å². The molecule has 0 saturated carbocycles. The summed E-state index contributed by atoms with van der Waals surface area (Å²) < 4.78 is 0. The van der Waals surface area contributed by atoms with Crippen molar-refractivity contribution in [3.63, 3.8) is 0 Å². The summed E-state index contributed by atoms with van der Waals surface area (Å²) in [6.07, 6.45) is 3.75. The minimum atomic E-state index is 0.567. The summed E-state index contributed by atoms with van der Waals surface area (Å²) >= 11 is 0. The zero-order valence-corrected chi connectivity index (χ0v) is 8.71. The molecule has 0 radical (unpaired) electrons. The maximum Gasteiger partial charge on any atom is 0.0894 e. The molecule has 3 rings (SSSR count). The van der Waals surface area contributed by atoms with E-state index in [9.17, 15) is 0 Å². The van der Waals surface area contributed by atoms with Crippen molar-refractivity contribution in [2.75, 3.05) is 39.3 Å². The SMILES string of the molecule is C1CN[C@H]2[C@@H]3NCCCN3CCN2C1. The topological polar surface area (TPSA) is 30.5 Å². The van der Waals surface area contributed by atoms with Crippen LogP contribution < -0.4 is 10.6 Å². The fourth-order valence-electron chi connectivity index (χ4n) is 2.98. The predicted octanol–water partition coefficient (Wildman–Crippen LogP) is -0.757. The number of hydrogen-bond donors (Lipinski definition) is 2. The van der Waals surface area contributed by atoms with Gasteiger partial charge in [-0.05, 0) is 25.9 Å². The van der Waals surface area contributed by atoms with Gasteiger partial charge in [0.1, 0.15) is 0 Å². The number of nitrogens with zero attached hydrogens (tertiary/aromatic N) is 2. The summed E-state index contributed by atoms with van der Waals surface area (Å²) in [4.78, 5) is 5.20. The average Bonchev–Trinajstić information content (AvgIpc) is 2.29. The molecule has 2 N–H and O–H groups in total. The Morgan fingerprint density at radius 2 is 1.21 bits per heavy atom. The van der Waals surface area contributed by atoms with Gasteiger partial charge in [-0.1, -0.05) is 0 Å². The Labute approximate surface area is 85.6 Å². The number of rotatable bonds is 0. The Hall–Kier alpha value is -0.160. The van der Waals surface area contributed by atoms with Crippen LogP contribution in [0.25, 0.3) is 0 Å². The summed E-state index contributed by atoms with van der Waals surface area (Å²) in [6.45, 7) is 7.43. The number of piperazine rings is 1. The molecule has 80 valence electrons. The van der Waals surface area contributed by atoms with Crippen molar-refractivity contribution in [3.8, 4) is 0 Å². The highest BCUT2D eigenvalue weighted by molar-refractivity contribution is 4.92. The molecule has 4 heteroatoms. The van der Waals surface area contributed by atoms with Gasteiger partial charge in [0.05, 0.1) is 12.3 Å². The molecule has 3 saturated heterocycles. The number of nitrogens with one attached hydrogen (secondary N) is 2. The van der Waals surface area contributed by atoms with Crippen LogP contribution in [0, 0.1) is 0 Å². The first kappa shape index (κ1) is 9.09. The van der Waals surface area contributed by atoms with Gasteiger partial charge in [-0.15, -0.1) is 0 Å². The van der Waals surface area contributed by atoms with Crippen LogP contribution in [0.5, 0.6) is 0 Å². The third kappa shape index (κ3) is 1.46. The van der Waals surface area contributed by atoms with Gasteiger partial charge in [0.15, 0.2) is 0 Å². The largest absolute Gasteiger partial charge is 0.299 e. The Bertz CT molecular complexity index is 186. The van der Waals surface area contributed by atoms with Crippen molar-refractivity contribution in [2.24, 2.45) is 0 Å². The van der Waals surface area contributed by atoms with Gasteiger partial charge in [-0.25, -0.2) is 0 Å². The molecule has 0 bridgehead atoms. The van der Waals surface area contributed by atoms with Crippen molar-refractivity contribution in [3.05, 3.63) is 0 Å². The molecule has 0 aliphatic carbocycles. The molecule has 0 unspecified atom stereocenters. The molecule has 0 aromatic carbocycles. The van der Waals surface area contributed by atoms with E-state index in [1.807, 2.05) is 0 Å². The summed E-state index contributed by atoms with van der Waals surface area (Å²) in [5.41, 5.74) is 0. The van der Waals surface area contributed by atoms with Gasteiger partial charge in [0, 0.05) is 26.2 Å². The lowest BCUT2D eigenvalue weighted by atomic mass is 10.1. The van der Waals surface area contributed by atoms with E-state index < -0.39 is 0 Å². The van der Waals surface area contributed by atoms with Gasteiger partial charge in [-0.2, -0.15) is 0 Å². The normalized spacial score (nSPS) is 40.3. The molecule has 0 amide bonds. The van der Waals surface area contributed by atoms with Crippen LogP contribution in [0.4, 0.5) is 0 Å². The molecule has 0 aromatic heterocycles. The van der Waals surface area contributed by atoms with Crippen molar-refractivity contribution in [1.82, 2.24) is 20.4 Å². The average molecular weight is 196 g/mol. The molecule has 0 aromatic rings. The molecule has 2 atom stereocenters. The Morgan fingerprint density at radius 3 is 1.71 bits per heavy atom. The van der Waals surface area contributed by atoms with Crippen LogP contribution in [-0.4, -0.2) is 61.4 Å². The van der Waals surface area contributed by atoms with E-state index in [0.717, 1.165) is 0 Å². The second-order valence-corrected chi connectivity index (χ2v) is 4.58. The first-order chi connectivity index (χ1) is 6.95. The molecule has 0 spiro atoms. The maximum absolute atomic E-state index is 3.64. The highest BCUT2D eigenvalue weighted by atomic mass is 15.4. The van der Waals surface area contributed by atoms with Gasteiger partial charge < -0.3 is 0 Å². The minimum Gasteiger partial charge on any atom is -0.299 e. The zero-order valence-electron chi connectivity index (χ0n) is 8.71. The third-order valence-corrected chi connectivity index (χ3v) is 3.71. The first-order valence-electron chi connectivity index (χ1n) is 5.90. The van der Waals surface area contributed by atoms with Crippen LogP contribution in [0.3, 0.4) is 0 Å². The second kappa shape index (κ2) is 3.77. The van der Waals surface area contributed by atoms with Crippen LogP contribution in [0.15, 0.2) is 0 Å². The smallest absolute Gasteiger partial charge is 0.0894 e. The van der Waals surface area contributed by atoms with Gasteiger partial charge in [0.2, 0.25) is 0 Å². The summed E-state index contributed by atoms with van der Waals surface area (Å²) in [7, 11) is 0. The third-order valence-electron chi connectivity index (χ3n) is 3.71. The van der Waals surface area contributed by atoms with Crippen molar-refractivity contribution in [1.29, 1.82) is 0 Å². The molecule has 14 heavy (non-hydrogen) atoms. The summed E-state index contributed by atoms with van der Waals surface area (Å²) in [6, 6.07) is 0. The van der Waals surface area contributed by atoms with Crippen LogP contribution in [0.1, 0.15) is 12.8 Å². The fraction of sp³-hybridized carbons (Fsp3) is 1.00. The minimum absolute atomic E-state index is 0.567. The van der Waals surface area contributed by atoms with E-state index in [1.165, 1.54) is 52.1 Å². The van der Waals surface area contributed by atoms with Crippen molar-refractivity contribution >= 4 is 0 Å². The van der Waals surface area contributed by atoms with Gasteiger partial charge >= 0.3 is 0 Å². The molecular formula is C10H20N4. The second-order valence-electron chi connectivity index (χ2n) is 4.58. The maximum atomic E-state index is 3.64. The fourth-order valence-corrected chi connectivity index (χ4v) is 2.98. The van der Waals surface area contributed by atoms with Crippen molar-refractivity contribution < 1.29 is 0 Å².